The summed E-state index contributed by atoms with van der Waals surface area (Å²) >= 11 is 6.04. The van der Waals surface area contributed by atoms with Gasteiger partial charge in [0, 0.05) is 24.2 Å². The Bertz CT molecular complexity index is 1340. The van der Waals surface area contributed by atoms with Gasteiger partial charge in [0.2, 0.25) is 0 Å². The molecule has 10 heteroatoms. The largest absolute Gasteiger partial charge is 0.424 e. The Balaban J connectivity index is 1.43. The minimum absolute atomic E-state index is 0.0302. The van der Waals surface area contributed by atoms with Gasteiger partial charge in [-0.3, -0.25) is 4.79 Å². The number of nitrogens with one attached hydrogen (secondary N) is 1. The van der Waals surface area contributed by atoms with E-state index < -0.39 is 5.82 Å². The number of rotatable bonds is 5. The number of hydrogen-bond acceptors (Lipinski definition) is 6. The van der Waals surface area contributed by atoms with Crippen LogP contribution in [0, 0.1) is 18.7 Å². The normalized spacial score (nSPS) is 18.4. The zero-order valence-corrected chi connectivity index (χ0v) is 19.6. The van der Waals surface area contributed by atoms with Crippen molar-refractivity contribution in [2.75, 3.05) is 18.4 Å². The Morgan fingerprint density at radius 1 is 1.26 bits per heavy atom. The summed E-state index contributed by atoms with van der Waals surface area (Å²) in [6.07, 6.45) is 4.80. The molecule has 1 fully saturated rings. The quantitative estimate of drug-likeness (QED) is 0.437. The van der Waals surface area contributed by atoms with Crippen molar-refractivity contribution in [1.29, 1.82) is 0 Å². The number of nitrogens with zero attached hydrogens (tertiary/aromatic N) is 5. The van der Waals surface area contributed by atoms with Crippen LogP contribution >= 0.6 is 11.6 Å². The van der Waals surface area contributed by atoms with Gasteiger partial charge in [-0.25, -0.2) is 4.39 Å². The number of carbonyl (C=O) groups is 1. The van der Waals surface area contributed by atoms with Gasteiger partial charge in [-0.2, -0.15) is 20.0 Å². The second kappa shape index (κ2) is 9.06. The van der Waals surface area contributed by atoms with Gasteiger partial charge < -0.3 is 14.6 Å². The molecule has 1 saturated heterocycles. The summed E-state index contributed by atoms with van der Waals surface area (Å²) in [5.74, 6) is -0.769. The summed E-state index contributed by atoms with van der Waals surface area (Å²) in [6, 6.07) is 8.51. The molecule has 2 aromatic carbocycles. The van der Waals surface area contributed by atoms with E-state index in [-0.39, 0.29) is 23.4 Å². The van der Waals surface area contributed by atoms with Crippen molar-refractivity contribution in [2.24, 2.45) is 5.92 Å². The lowest BCUT2D eigenvalue weighted by molar-refractivity contribution is 0.0534. The fraction of sp³-hybridized carbons (Fsp3) is 0.333. The van der Waals surface area contributed by atoms with E-state index >= 15 is 4.39 Å². The summed E-state index contributed by atoms with van der Waals surface area (Å²) in [5.41, 5.74) is 2.25. The number of benzene rings is 2. The topological polar surface area (TPSA) is 89.1 Å². The number of likely N-dealkylation sites (tertiary alicyclic amines) is 1. The van der Waals surface area contributed by atoms with Crippen molar-refractivity contribution in [2.45, 2.75) is 32.7 Å². The number of oxazole rings is 1. The zero-order chi connectivity index (χ0) is 23.8. The van der Waals surface area contributed by atoms with Gasteiger partial charge in [-0.15, -0.1) is 0 Å². The summed E-state index contributed by atoms with van der Waals surface area (Å²) in [4.78, 5) is 21.2. The van der Waals surface area contributed by atoms with Crippen LogP contribution in [0.4, 0.5) is 10.4 Å². The number of amides is 1. The predicted octanol–water partition coefficient (Wildman–Crippen LogP) is 4.86. The van der Waals surface area contributed by atoms with Gasteiger partial charge in [0.1, 0.15) is 22.6 Å². The molecule has 2 atom stereocenters. The molecule has 1 amide bonds. The van der Waals surface area contributed by atoms with Crippen LogP contribution in [0.15, 0.2) is 47.1 Å². The summed E-state index contributed by atoms with van der Waals surface area (Å²) in [5, 5.41) is 12.0. The van der Waals surface area contributed by atoms with Crippen LogP contribution in [0.3, 0.4) is 0 Å². The monoisotopic (exact) mass is 482 g/mol. The maximum absolute atomic E-state index is 15.2. The van der Waals surface area contributed by atoms with Crippen molar-refractivity contribution in [3.8, 4) is 5.69 Å². The SMILES string of the molecule is Cc1cc(F)c(C(=O)N2CCC[C@@H](C)[C@H]2CNc2nc3ccc(Cl)cc3o2)c(-n2nccn2)c1. The van der Waals surface area contributed by atoms with Gasteiger partial charge in [0.25, 0.3) is 11.9 Å². The molecule has 0 bridgehead atoms. The molecule has 1 N–H and O–H groups in total. The summed E-state index contributed by atoms with van der Waals surface area (Å²) < 4.78 is 20.9. The van der Waals surface area contributed by atoms with Gasteiger partial charge in [0.15, 0.2) is 5.58 Å². The van der Waals surface area contributed by atoms with Crippen LogP contribution in [0.2, 0.25) is 5.02 Å². The first kappa shape index (κ1) is 22.3. The van der Waals surface area contributed by atoms with E-state index in [9.17, 15) is 4.79 Å². The van der Waals surface area contributed by atoms with E-state index in [2.05, 4.69) is 27.4 Å². The molecular weight excluding hydrogens is 459 g/mol. The Labute approximate surface area is 200 Å². The van der Waals surface area contributed by atoms with Crippen LogP contribution in [0.1, 0.15) is 35.7 Å². The lowest BCUT2D eigenvalue weighted by Gasteiger charge is -2.40. The van der Waals surface area contributed by atoms with Gasteiger partial charge in [-0.05, 0) is 55.5 Å². The average molecular weight is 483 g/mol. The molecule has 176 valence electrons. The van der Waals surface area contributed by atoms with Crippen molar-refractivity contribution < 1.29 is 13.6 Å². The highest BCUT2D eigenvalue weighted by atomic mass is 35.5. The van der Waals surface area contributed by atoms with E-state index in [1.807, 2.05) is 0 Å². The van der Waals surface area contributed by atoms with E-state index in [4.69, 9.17) is 16.0 Å². The molecule has 0 saturated carbocycles. The molecule has 34 heavy (non-hydrogen) atoms. The number of fused-ring (bicyclic) bond motifs is 1. The van der Waals surface area contributed by atoms with E-state index in [1.165, 1.54) is 23.3 Å². The number of anilines is 1. The Hall–Kier alpha value is -3.46. The molecule has 0 spiro atoms. The second-order valence-electron chi connectivity index (χ2n) is 8.66. The van der Waals surface area contributed by atoms with Crippen molar-refractivity contribution in [3.63, 3.8) is 0 Å². The van der Waals surface area contributed by atoms with Crippen LogP contribution in [0.5, 0.6) is 0 Å². The third kappa shape index (κ3) is 4.23. The molecule has 0 unspecified atom stereocenters. The van der Waals surface area contributed by atoms with Crippen LogP contribution in [0.25, 0.3) is 16.8 Å². The molecule has 4 aromatic rings. The first-order chi connectivity index (χ1) is 16.4. The summed E-state index contributed by atoms with van der Waals surface area (Å²) in [6.45, 7) is 4.81. The predicted molar refractivity (Wildman–Crippen MR) is 127 cm³/mol. The van der Waals surface area contributed by atoms with Gasteiger partial charge >= 0.3 is 0 Å². The number of aromatic nitrogens is 4. The third-order valence-corrected chi connectivity index (χ3v) is 6.49. The molecule has 3 heterocycles. The molecule has 0 aliphatic carbocycles. The van der Waals surface area contributed by atoms with Crippen LogP contribution in [-0.2, 0) is 0 Å². The molecule has 8 nitrogen and oxygen atoms in total. The van der Waals surface area contributed by atoms with Crippen molar-refractivity contribution in [3.05, 3.63) is 64.7 Å². The van der Waals surface area contributed by atoms with Crippen molar-refractivity contribution in [1.82, 2.24) is 24.9 Å². The number of carbonyl (C=O) groups excluding carboxylic acids is 1. The molecule has 1 aliphatic rings. The first-order valence-corrected chi connectivity index (χ1v) is 11.6. The number of halogens is 2. The smallest absolute Gasteiger partial charge is 0.295 e. The van der Waals surface area contributed by atoms with Crippen LogP contribution < -0.4 is 5.32 Å². The van der Waals surface area contributed by atoms with E-state index in [0.717, 1.165) is 12.8 Å². The number of hydrogen-bond donors (Lipinski definition) is 1. The Morgan fingerprint density at radius 2 is 2.06 bits per heavy atom. The summed E-state index contributed by atoms with van der Waals surface area (Å²) in [7, 11) is 0. The number of aryl methyl sites for hydroxylation is 1. The minimum Gasteiger partial charge on any atom is -0.424 e. The first-order valence-electron chi connectivity index (χ1n) is 11.2. The Morgan fingerprint density at radius 3 is 2.85 bits per heavy atom. The van der Waals surface area contributed by atoms with Crippen LogP contribution in [-0.4, -0.2) is 49.9 Å². The maximum atomic E-state index is 15.2. The molecular formula is C24H24ClFN6O2. The van der Waals surface area contributed by atoms with Gasteiger partial charge in [-0.1, -0.05) is 18.5 Å². The van der Waals surface area contributed by atoms with Crippen molar-refractivity contribution >= 4 is 34.6 Å². The molecule has 5 rings (SSSR count). The standard InChI is InChI=1S/C24H24ClFN6O2/c1-14-10-17(26)22(19(11-14)32-28-7-8-29-32)23(33)31-9-3-4-15(2)20(31)13-27-24-30-18-6-5-16(25)12-21(18)34-24/h5-8,10-12,15,20H,3-4,9,13H2,1-2H3,(H,27,30)/t15-,20-/m1/s1. The number of piperidine rings is 1. The van der Waals surface area contributed by atoms with Gasteiger partial charge in [0.05, 0.1) is 18.4 Å². The highest BCUT2D eigenvalue weighted by Crippen LogP contribution is 2.29. The highest BCUT2D eigenvalue weighted by molar-refractivity contribution is 6.31. The van der Waals surface area contributed by atoms with E-state index in [0.29, 0.717) is 46.5 Å². The fourth-order valence-electron chi connectivity index (χ4n) is 4.56. The molecule has 2 aromatic heterocycles. The third-order valence-electron chi connectivity index (χ3n) is 6.25. The molecule has 1 aliphatic heterocycles. The lowest BCUT2D eigenvalue weighted by atomic mass is 9.90. The molecule has 0 radical (unpaired) electrons. The zero-order valence-electron chi connectivity index (χ0n) is 18.8. The lowest BCUT2D eigenvalue weighted by Crippen LogP contribution is -2.51. The second-order valence-corrected chi connectivity index (χ2v) is 9.09. The van der Waals surface area contributed by atoms with E-state index in [1.54, 1.807) is 36.1 Å². The minimum atomic E-state index is -0.585. The average Bonchev–Trinajstić information content (AvgIpc) is 3.47. The maximum Gasteiger partial charge on any atom is 0.295 e. The Kier molecular flexibility index (Phi) is 5.95. The fourth-order valence-corrected chi connectivity index (χ4v) is 4.72. The highest BCUT2D eigenvalue weighted by Gasteiger charge is 2.35.